The molecule has 0 saturated heterocycles. The van der Waals surface area contributed by atoms with Gasteiger partial charge in [-0.15, -0.1) is 0 Å². The largest absolute Gasteiger partial charge is 0.243 e. The summed E-state index contributed by atoms with van der Waals surface area (Å²) in [6.07, 6.45) is 1.49. The van der Waals surface area contributed by atoms with E-state index in [0.717, 1.165) is 11.1 Å². The zero-order valence-electron chi connectivity index (χ0n) is 7.81. The second kappa shape index (κ2) is 4.12. The number of benzene rings is 1. The molecule has 0 aliphatic carbocycles. The number of rotatable bonds is 1. The third kappa shape index (κ3) is 1.98. The molecule has 15 heavy (non-hydrogen) atoms. The van der Waals surface area contributed by atoms with Crippen molar-refractivity contribution in [2.75, 3.05) is 0 Å². The predicted molar refractivity (Wildman–Crippen MR) is 59.4 cm³/mol. The summed E-state index contributed by atoms with van der Waals surface area (Å²) < 4.78 is 0. The van der Waals surface area contributed by atoms with Crippen molar-refractivity contribution in [1.82, 2.24) is 4.98 Å². The minimum Gasteiger partial charge on any atom is -0.243 e. The molecule has 72 valence electrons. The maximum Gasteiger partial charge on any atom is 0.129 e. The van der Waals surface area contributed by atoms with E-state index in [1.165, 1.54) is 6.20 Å². The number of nitrogens with zero attached hydrogens (tertiary/aromatic N) is 2. The van der Waals surface area contributed by atoms with Gasteiger partial charge in [0, 0.05) is 11.8 Å². The fraction of sp³-hybridized carbons (Fsp3) is 0. The first kappa shape index (κ1) is 9.70. The van der Waals surface area contributed by atoms with Gasteiger partial charge in [0.2, 0.25) is 0 Å². The fourth-order valence-electron chi connectivity index (χ4n) is 1.38. The van der Waals surface area contributed by atoms with Crippen LogP contribution in [0.15, 0.2) is 42.6 Å². The lowest BCUT2D eigenvalue weighted by atomic mass is 10.0. The highest BCUT2D eigenvalue weighted by Crippen LogP contribution is 2.24. The molecule has 0 bridgehead atoms. The van der Waals surface area contributed by atoms with E-state index in [9.17, 15) is 0 Å². The highest BCUT2D eigenvalue weighted by molar-refractivity contribution is 6.29. The van der Waals surface area contributed by atoms with Crippen LogP contribution in [-0.2, 0) is 0 Å². The van der Waals surface area contributed by atoms with Gasteiger partial charge in [-0.25, -0.2) is 4.98 Å². The normalized spacial score (nSPS) is 9.60. The number of halogens is 1. The van der Waals surface area contributed by atoms with Crippen LogP contribution in [0.25, 0.3) is 11.1 Å². The monoisotopic (exact) mass is 214 g/mol. The second-order valence-corrected chi connectivity index (χ2v) is 3.42. The van der Waals surface area contributed by atoms with Gasteiger partial charge in [-0.2, -0.15) is 5.26 Å². The molecule has 0 unspecified atom stereocenters. The van der Waals surface area contributed by atoms with Crippen LogP contribution in [0.5, 0.6) is 0 Å². The lowest BCUT2D eigenvalue weighted by Crippen LogP contribution is -1.86. The standard InChI is InChI=1S/C12H7ClN2/c13-12-6-11(10(7-14)8-15-12)9-4-2-1-3-5-9/h1-6,8H. The summed E-state index contributed by atoms with van der Waals surface area (Å²) in [5, 5.41) is 9.33. The molecule has 1 aromatic carbocycles. The van der Waals surface area contributed by atoms with Gasteiger partial charge in [0.25, 0.3) is 0 Å². The second-order valence-electron chi connectivity index (χ2n) is 3.03. The summed E-state index contributed by atoms with van der Waals surface area (Å²) in [6, 6.07) is 13.4. The van der Waals surface area contributed by atoms with E-state index in [4.69, 9.17) is 16.9 Å². The average molecular weight is 215 g/mol. The van der Waals surface area contributed by atoms with Crippen molar-refractivity contribution in [3.8, 4) is 17.2 Å². The van der Waals surface area contributed by atoms with E-state index in [0.29, 0.717) is 10.7 Å². The van der Waals surface area contributed by atoms with Crippen molar-refractivity contribution in [2.24, 2.45) is 0 Å². The van der Waals surface area contributed by atoms with E-state index in [1.807, 2.05) is 30.3 Å². The van der Waals surface area contributed by atoms with E-state index in [-0.39, 0.29) is 0 Å². The molecule has 0 N–H and O–H groups in total. The van der Waals surface area contributed by atoms with Crippen LogP contribution < -0.4 is 0 Å². The highest BCUT2D eigenvalue weighted by Gasteiger charge is 2.05. The minimum atomic E-state index is 0.396. The lowest BCUT2D eigenvalue weighted by molar-refractivity contribution is 1.30. The van der Waals surface area contributed by atoms with Crippen molar-refractivity contribution in [3.63, 3.8) is 0 Å². The highest BCUT2D eigenvalue weighted by atomic mass is 35.5. The molecule has 0 spiro atoms. The maximum absolute atomic E-state index is 8.94. The molecule has 1 aromatic heterocycles. The van der Waals surface area contributed by atoms with Gasteiger partial charge >= 0.3 is 0 Å². The first-order valence-corrected chi connectivity index (χ1v) is 4.80. The number of hydrogen-bond donors (Lipinski definition) is 0. The lowest BCUT2D eigenvalue weighted by Gasteiger charge is -2.03. The smallest absolute Gasteiger partial charge is 0.129 e. The zero-order valence-corrected chi connectivity index (χ0v) is 8.57. The molecule has 2 aromatic rings. The molecule has 0 fully saturated rings. The van der Waals surface area contributed by atoms with Crippen LogP contribution >= 0.6 is 11.6 Å². The predicted octanol–water partition coefficient (Wildman–Crippen LogP) is 3.27. The quantitative estimate of drug-likeness (QED) is 0.683. The fourth-order valence-corrected chi connectivity index (χ4v) is 1.53. The van der Waals surface area contributed by atoms with Crippen molar-refractivity contribution >= 4 is 11.6 Å². The molecule has 2 rings (SSSR count). The van der Waals surface area contributed by atoms with Gasteiger partial charge < -0.3 is 0 Å². The van der Waals surface area contributed by atoms with Crippen LogP contribution in [0.2, 0.25) is 5.15 Å². The third-order valence-corrected chi connectivity index (χ3v) is 2.28. The number of aromatic nitrogens is 1. The van der Waals surface area contributed by atoms with Crippen LogP contribution in [0.3, 0.4) is 0 Å². The topological polar surface area (TPSA) is 36.7 Å². The first-order valence-electron chi connectivity index (χ1n) is 4.42. The van der Waals surface area contributed by atoms with Gasteiger partial charge in [0.1, 0.15) is 11.2 Å². The first-order chi connectivity index (χ1) is 7.31. The van der Waals surface area contributed by atoms with E-state index < -0.39 is 0 Å². The van der Waals surface area contributed by atoms with E-state index >= 15 is 0 Å². The van der Waals surface area contributed by atoms with Crippen LogP contribution in [0.1, 0.15) is 5.56 Å². The Morgan fingerprint density at radius 3 is 2.60 bits per heavy atom. The Kier molecular flexibility index (Phi) is 2.66. The summed E-state index contributed by atoms with van der Waals surface area (Å²) in [6.45, 7) is 0. The molecular formula is C12H7ClN2. The van der Waals surface area contributed by atoms with Gasteiger partial charge in [0.05, 0.1) is 5.56 Å². The van der Waals surface area contributed by atoms with Gasteiger partial charge in [-0.05, 0) is 11.6 Å². The zero-order chi connectivity index (χ0) is 10.7. The SMILES string of the molecule is N#Cc1cnc(Cl)cc1-c1ccccc1. The van der Waals surface area contributed by atoms with Gasteiger partial charge in [0.15, 0.2) is 0 Å². The van der Waals surface area contributed by atoms with Gasteiger partial charge in [-0.3, -0.25) is 0 Å². The maximum atomic E-state index is 8.94. The summed E-state index contributed by atoms with van der Waals surface area (Å²) in [7, 11) is 0. The minimum absolute atomic E-state index is 0.396. The Bertz CT molecular complexity index is 515. The van der Waals surface area contributed by atoms with Crippen molar-refractivity contribution in [1.29, 1.82) is 5.26 Å². The number of nitriles is 1. The molecule has 1 heterocycles. The van der Waals surface area contributed by atoms with Crippen molar-refractivity contribution in [3.05, 3.63) is 53.3 Å². The Labute approximate surface area is 92.8 Å². The third-order valence-electron chi connectivity index (χ3n) is 2.08. The molecule has 0 saturated carbocycles. The number of hydrogen-bond acceptors (Lipinski definition) is 2. The molecule has 2 nitrogen and oxygen atoms in total. The van der Waals surface area contributed by atoms with Crippen LogP contribution in [-0.4, -0.2) is 4.98 Å². The van der Waals surface area contributed by atoms with Crippen molar-refractivity contribution < 1.29 is 0 Å². The summed E-state index contributed by atoms with van der Waals surface area (Å²) in [5.74, 6) is 0. The molecule has 0 radical (unpaired) electrons. The molecule has 3 heteroatoms. The molecule has 0 amide bonds. The molecule has 0 aliphatic heterocycles. The molecule has 0 atom stereocenters. The number of pyridine rings is 1. The van der Waals surface area contributed by atoms with Crippen LogP contribution in [0.4, 0.5) is 0 Å². The average Bonchev–Trinajstić information content (AvgIpc) is 2.30. The van der Waals surface area contributed by atoms with Crippen molar-refractivity contribution in [2.45, 2.75) is 0 Å². The molecular weight excluding hydrogens is 208 g/mol. The van der Waals surface area contributed by atoms with E-state index in [2.05, 4.69) is 11.1 Å². The Hall–Kier alpha value is -1.85. The van der Waals surface area contributed by atoms with Gasteiger partial charge in [-0.1, -0.05) is 41.9 Å². The van der Waals surface area contributed by atoms with Crippen LogP contribution in [0, 0.1) is 11.3 Å². The summed E-state index contributed by atoms with van der Waals surface area (Å²) in [5.41, 5.74) is 2.32. The summed E-state index contributed by atoms with van der Waals surface area (Å²) in [4.78, 5) is 3.88. The Morgan fingerprint density at radius 1 is 1.20 bits per heavy atom. The Balaban J connectivity index is 2.62. The Morgan fingerprint density at radius 2 is 1.93 bits per heavy atom. The van der Waals surface area contributed by atoms with E-state index in [1.54, 1.807) is 6.07 Å². The summed E-state index contributed by atoms with van der Waals surface area (Å²) >= 11 is 5.80. The molecule has 0 aliphatic rings.